The van der Waals surface area contributed by atoms with Crippen LogP contribution in [-0.4, -0.2) is 43.8 Å². The Morgan fingerprint density at radius 1 is 1.45 bits per heavy atom. The summed E-state index contributed by atoms with van der Waals surface area (Å²) in [5.41, 5.74) is 0.868. The van der Waals surface area contributed by atoms with E-state index in [0.29, 0.717) is 16.9 Å². The monoisotopic (exact) mass is 305 g/mol. The predicted octanol–water partition coefficient (Wildman–Crippen LogP) is 1.22. The highest BCUT2D eigenvalue weighted by molar-refractivity contribution is 7.89. The van der Waals surface area contributed by atoms with Gasteiger partial charge in [0.2, 0.25) is 0 Å². The normalized spacial score (nSPS) is 16.1. The minimum Gasteiger partial charge on any atom is -0.310 e. The molecule has 1 aliphatic carbocycles. The quantitative estimate of drug-likeness (QED) is 0.823. The van der Waals surface area contributed by atoms with Gasteiger partial charge in [-0.1, -0.05) is 6.07 Å². The minimum absolute atomic E-state index is 0.212. The van der Waals surface area contributed by atoms with Gasteiger partial charge in [-0.2, -0.15) is 4.31 Å². The average molecular weight is 305 g/mol. The largest absolute Gasteiger partial charge is 0.310 e. The van der Waals surface area contributed by atoms with E-state index in [1.807, 2.05) is 0 Å². The molecule has 0 atom stereocenters. The lowest BCUT2D eigenvalue weighted by Crippen LogP contribution is -2.32. The van der Waals surface area contributed by atoms with Crippen molar-refractivity contribution in [3.05, 3.63) is 23.9 Å². The fourth-order valence-corrected chi connectivity index (χ4v) is 2.72. The van der Waals surface area contributed by atoms with Gasteiger partial charge in [0.1, 0.15) is 0 Å². The molecule has 1 fully saturated rings. The van der Waals surface area contributed by atoms with E-state index in [-0.39, 0.29) is 5.03 Å². The van der Waals surface area contributed by atoms with E-state index in [1.54, 1.807) is 6.07 Å². The maximum atomic E-state index is 12.2. The molecule has 5 nitrogen and oxygen atoms in total. The van der Waals surface area contributed by atoms with Gasteiger partial charge in [-0.25, -0.2) is 22.2 Å². The zero-order valence-electron chi connectivity index (χ0n) is 11.1. The standard InChI is InChI=1S/C12H17F2N3O2S/c1-17(8-11(13)14)20(18,19)12-5-2-9(7-16-12)6-15-10-3-4-10/h2,5,7,10-11,15H,3-4,6,8H2,1H3. The summed E-state index contributed by atoms with van der Waals surface area (Å²) in [6.45, 7) is -0.208. The molecule has 0 aromatic carbocycles. The number of nitrogens with zero attached hydrogens (tertiary/aromatic N) is 2. The second-order valence-electron chi connectivity index (χ2n) is 4.84. The first-order chi connectivity index (χ1) is 9.39. The van der Waals surface area contributed by atoms with Gasteiger partial charge in [0.05, 0.1) is 6.54 Å². The zero-order valence-corrected chi connectivity index (χ0v) is 11.9. The number of alkyl halides is 2. The number of hydrogen-bond donors (Lipinski definition) is 1. The van der Waals surface area contributed by atoms with E-state index in [0.717, 1.165) is 25.5 Å². The molecule has 1 N–H and O–H groups in total. The third-order valence-electron chi connectivity index (χ3n) is 3.04. The van der Waals surface area contributed by atoms with Crippen molar-refractivity contribution in [1.29, 1.82) is 0 Å². The van der Waals surface area contributed by atoms with Crippen LogP contribution in [0.5, 0.6) is 0 Å². The minimum atomic E-state index is -3.95. The van der Waals surface area contributed by atoms with Crippen molar-refractivity contribution in [2.45, 2.75) is 36.9 Å². The first kappa shape index (κ1) is 15.3. The van der Waals surface area contributed by atoms with Crippen LogP contribution < -0.4 is 5.32 Å². The number of sulfonamides is 1. The van der Waals surface area contributed by atoms with Crippen LogP contribution in [0.25, 0.3) is 0 Å². The van der Waals surface area contributed by atoms with Crippen molar-refractivity contribution in [3.8, 4) is 0 Å². The number of rotatable bonds is 7. The zero-order chi connectivity index (χ0) is 14.8. The molecule has 0 spiro atoms. The Bertz CT molecular complexity index is 544. The number of halogens is 2. The van der Waals surface area contributed by atoms with Gasteiger partial charge >= 0.3 is 0 Å². The van der Waals surface area contributed by atoms with Gasteiger partial charge < -0.3 is 5.32 Å². The molecule has 2 rings (SSSR count). The lowest BCUT2D eigenvalue weighted by Gasteiger charge is -2.16. The molecule has 0 bridgehead atoms. The topological polar surface area (TPSA) is 62.3 Å². The van der Waals surface area contributed by atoms with E-state index in [1.165, 1.54) is 12.3 Å². The maximum Gasteiger partial charge on any atom is 0.260 e. The molecule has 0 amide bonds. The average Bonchev–Trinajstić information content (AvgIpc) is 3.20. The highest BCUT2D eigenvalue weighted by atomic mass is 32.2. The smallest absolute Gasteiger partial charge is 0.260 e. The van der Waals surface area contributed by atoms with Crippen molar-refractivity contribution in [2.75, 3.05) is 13.6 Å². The first-order valence-corrected chi connectivity index (χ1v) is 7.76. The molecular weight excluding hydrogens is 288 g/mol. The lowest BCUT2D eigenvalue weighted by molar-refractivity contribution is 0.126. The van der Waals surface area contributed by atoms with Gasteiger partial charge in [0, 0.05) is 25.8 Å². The SMILES string of the molecule is CN(CC(F)F)S(=O)(=O)c1ccc(CNC2CC2)cn1. The van der Waals surface area contributed by atoms with Crippen LogP contribution >= 0.6 is 0 Å². The van der Waals surface area contributed by atoms with Crippen LogP contribution in [0, 0.1) is 0 Å². The Morgan fingerprint density at radius 3 is 2.65 bits per heavy atom. The first-order valence-electron chi connectivity index (χ1n) is 6.32. The molecule has 1 aromatic heterocycles. The van der Waals surface area contributed by atoms with Crippen LogP contribution in [0.2, 0.25) is 0 Å². The summed E-state index contributed by atoms with van der Waals surface area (Å²) in [4.78, 5) is 3.86. The van der Waals surface area contributed by atoms with E-state index in [9.17, 15) is 17.2 Å². The summed E-state index contributed by atoms with van der Waals surface area (Å²) in [5, 5.41) is 3.07. The summed E-state index contributed by atoms with van der Waals surface area (Å²) in [7, 11) is -2.83. The second-order valence-corrected chi connectivity index (χ2v) is 6.83. The van der Waals surface area contributed by atoms with Crippen LogP contribution in [0.3, 0.4) is 0 Å². The Kier molecular flexibility index (Phi) is 4.66. The summed E-state index contributed by atoms with van der Waals surface area (Å²) >= 11 is 0. The van der Waals surface area contributed by atoms with E-state index < -0.39 is 23.0 Å². The Balaban J connectivity index is 2.03. The highest BCUT2D eigenvalue weighted by Gasteiger charge is 2.25. The molecule has 0 radical (unpaired) electrons. The second kappa shape index (κ2) is 6.11. The third-order valence-corrected chi connectivity index (χ3v) is 4.78. The van der Waals surface area contributed by atoms with Crippen LogP contribution in [0.1, 0.15) is 18.4 Å². The van der Waals surface area contributed by atoms with Gasteiger partial charge in [0.25, 0.3) is 16.4 Å². The molecule has 112 valence electrons. The summed E-state index contributed by atoms with van der Waals surface area (Å²) in [6.07, 6.45) is 1.08. The summed E-state index contributed by atoms with van der Waals surface area (Å²) < 4.78 is 49.0. The number of nitrogens with one attached hydrogen (secondary N) is 1. The van der Waals surface area contributed by atoms with E-state index >= 15 is 0 Å². The summed E-state index contributed by atoms with van der Waals surface area (Å²) in [6, 6.07) is 3.54. The molecule has 1 saturated carbocycles. The predicted molar refractivity (Wildman–Crippen MR) is 69.9 cm³/mol. The molecule has 0 saturated heterocycles. The molecule has 20 heavy (non-hydrogen) atoms. The molecular formula is C12H17F2N3O2S. The molecule has 1 heterocycles. The molecule has 8 heteroatoms. The third kappa shape index (κ3) is 3.94. The van der Waals surface area contributed by atoms with Crippen LogP contribution in [-0.2, 0) is 16.6 Å². The van der Waals surface area contributed by atoms with Gasteiger partial charge in [-0.05, 0) is 24.5 Å². The molecule has 0 aliphatic heterocycles. The fourth-order valence-electron chi connectivity index (χ4n) is 1.67. The van der Waals surface area contributed by atoms with Crippen molar-refractivity contribution >= 4 is 10.0 Å². The van der Waals surface area contributed by atoms with Gasteiger partial charge in [0.15, 0.2) is 5.03 Å². The summed E-state index contributed by atoms with van der Waals surface area (Å²) in [5.74, 6) is 0. The maximum absolute atomic E-state index is 12.2. The lowest BCUT2D eigenvalue weighted by atomic mass is 10.3. The van der Waals surface area contributed by atoms with Crippen molar-refractivity contribution in [3.63, 3.8) is 0 Å². The molecule has 0 unspecified atom stereocenters. The van der Waals surface area contributed by atoms with Gasteiger partial charge in [-0.15, -0.1) is 0 Å². The fraction of sp³-hybridized carbons (Fsp3) is 0.583. The molecule has 1 aromatic rings. The highest BCUT2D eigenvalue weighted by Crippen LogP contribution is 2.19. The number of hydrogen-bond acceptors (Lipinski definition) is 4. The van der Waals surface area contributed by atoms with Crippen LogP contribution in [0.4, 0.5) is 8.78 Å². The Morgan fingerprint density at radius 2 is 2.15 bits per heavy atom. The van der Waals surface area contributed by atoms with Gasteiger partial charge in [-0.3, -0.25) is 0 Å². The Labute approximate surface area is 117 Å². The van der Waals surface area contributed by atoms with E-state index in [2.05, 4.69) is 10.3 Å². The number of pyridine rings is 1. The molecule has 1 aliphatic rings. The van der Waals surface area contributed by atoms with Crippen molar-refractivity contribution in [2.24, 2.45) is 0 Å². The number of aromatic nitrogens is 1. The Hall–Kier alpha value is -1.12. The van der Waals surface area contributed by atoms with Crippen LogP contribution in [0.15, 0.2) is 23.4 Å². The van der Waals surface area contributed by atoms with E-state index in [4.69, 9.17) is 0 Å². The van der Waals surface area contributed by atoms with Crippen molar-refractivity contribution in [1.82, 2.24) is 14.6 Å². The van der Waals surface area contributed by atoms with Crippen molar-refractivity contribution < 1.29 is 17.2 Å².